The highest BCUT2D eigenvalue weighted by Gasteiger charge is 2.20. The number of nitrogens with one attached hydrogen (secondary N) is 2. The lowest BCUT2D eigenvalue weighted by Crippen LogP contribution is -2.36. The Labute approximate surface area is 140 Å². The van der Waals surface area contributed by atoms with Gasteiger partial charge in [-0.3, -0.25) is 5.32 Å². The molecule has 1 saturated carbocycles. The van der Waals surface area contributed by atoms with Gasteiger partial charge in [0.15, 0.2) is 0 Å². The molecule has 1 aliphatic rings. The second-order valence-electron chi connectivity index (χ2n) is 7.57. The van der Waals surface area contributed by atoms with Gasteiger partial charge in [-0.25, -0.2) is 4.79 Å². The number of anilines is 1. The van der Waals surface area contributed by atoms with E-state index >= 15 is 0 Å². The van der Waals surface area contributed by atoms with Gasteiger partial charge in [-0.05, 0) is 57.2 Å². The highest BCUT2D eigenvalue weighted by molar-refractivity contribution is 5.84. The van der Waals surface area contributed by atoms with E-state index in [4.69, 9.17) is 4.74 Å². The standard InChI is InChI=1S/C19H30N2O2/c1-14-7-5-6-8-17(14)20-13-15-9-11-16(12-10-15)21-18(22)23-19(2,3)4/h9-12,14,17,20H,5-8,13H2,1-4H3,(H,21,22). The molecular weight excluding hydrogens is 288 g/mol. The van der Waals surface area contributed by atoms with Crippen LogP contribution in [0.4, 0.5) is 10.5 Å². The molecule has 0 aliphatic heterocycles. The number of hydrogen-bond acceptors (Lipinski definition) is 3. The van der Waals surface area contributed by atoms with E-state index in [-0.39, 0.29) is 0 Å². The van der Waals surface area contributed by atoms with Gasteiger partial charge in [0, 0.05) is 18.3 Å². The molecule has 1 fully saturated rings. The fraction of sp³-hybridized carbons (Fsp3) is 0.632. The van der Waals surface area contributed by atoms with Crippen molar-refractivity contribution in [2.45, 2.75) is 71.6 Å². The molecule has 23 heavy (non-hydrogen) atoms. The van der Waals surface area contributed by atoms with Crippen LogP contribution in [0.5, 0.6) is 0 Å². The average Bonchev–Trinajstić information content (AvgIpc) is 2.46. The van der Waals surface area contributed by atoms with Crippen LogP contribution in [0.25, 0.3) is 0 Å². The first-order valence-electron chi connectivity index (χ1n) is 8.66. The lowest BCUT2D eigenvalue weighted by Gasteiger charge is -2.29. The summed E-state index contributed by atoms with van der Waals surface area (Å²) in [7, 11) is 0. The molecule has 0 spiro atoms. The zero-order valence-corrected chi connectivity index (χ0v) is 14.8. The van der Waals surface area contributed by atoms with Crippen molar-refractivity contribution in [2.24, 2.45) is 5.92 Å². The summed E-state index contributed by atoms with van der Waals surface area (Å²) in [5, 5.41) is 6.42. The molecule has 4 nitrogen and oxygen atoms in total. The van der Waals surface area contributed by atoms with Crippen molar-refractivity contribution >= 4 is 11.8 Å². The predicted molar refractivity (Wildman–Crippen MR) is 94.6 cm³/mol. The minimum absolute atomic E-state index is 0.417. The van der Waals surface area contributed by atoms with E-state index in [1.54, 1.807) is 0 Å². The third-order valence-corrected chi connectivity index (χ3v) is 4.28. The molecule has 0 aromatic heterocycles. The molecule has 1 amide bonds. The maximum atomic E-state index is 11.7. The molecule has 2 unspecified atom stereocenters. The van der Waals surface area contributed by atoms with E-state index in [2.05, 4.69) is 17.6 Å². The van der Waals surface area contributed by atoms with Gasteiger partial charge in [0.05, 0.1) is 0 Å². The Bertz CT molecular complexity index is 505. The fourth-order valence-corrected chi connectivity index (χ4v) is 3.00. The quantitative estimate of drug-likeness (QED) is 0.846. The summed E-state index contributed by atoms with van der Waals surface area (Å²) in [5.74, 6) is 0.761. The molecule has 0 radical (unpaired) electrons. The molecule has 2 atom stereocenters. The summed E-state index contributed by atoms with van der Waals surface area (Å²) in [6, 6.07) is 8.57. The number of benzene rings is 1. The SMILES string of the molecule is CC1CCCCC1NCc1ccc(NC(=O)OC(C)(C)C)cc1. The second-order valence-corrected chi connectivity index (χ2v) is 7.57. The summed E-state index contributed by atoms with van der Waals surface area (Å²) in [6.45, 7) is 8.78. The van der Waals surface area contributed by atoms with E-state index in [1.165, 1.54) is 31.2 Å². The van der Waals surface area contributed by atoms with Crippen LogP contribution >= 0.6 is 0 Å². The highest BCUT2D eigenvalue weighted by atomic mass is 16.6. The van der Waals surface area contributed by atoms with Crippen LogP contribution in [-0.2, 0) is 11.3 Å². The Morgan fingerprint density at radius 2 is 1.83 bits per heavy atom. The Hall–Kier alpha value is -1.55. The lowest BCUT2D eigenvalue weighted by atomic mass is 9.86. The first-order chi connectivity index (χ1) is 10.8. The van der Waals surface area contributed by atoms with Crippen molar-refractivity contribution in [1.29, 1.82) is 0 Å². The first kappa shape index (κ1) is 17.8. The average molecular weight is 318 g/mol. The van der Waals surface area contributed by atoms with Crippen LogP contribution in [-0.4, -0.2) is 17.7 Å². The summed E-state index contributed by atoms with van der Waals surface area (Å²) in [4.78, 5) is 11.7. The number of amides is 1. The van der Waals surface area contributed by atoms with Crippen LogP contribution in [0.15, 0.2) is 24.3 Å². The van der Waals surface area contributed by atoms with Crippen molar-refractivity contribution in [2.75, 3.05) is 5.32 Å². The Balaban J connectivity index is 1.81. The van der Waals surface area contributed by atoms with E-state index in [0.29, 0.717) is 6.04 Å². The van der Waals surface area contributed by atoms with Crippen molar-refractivity contribution in [1.82, 2.24) is 5.32 Å². The minimum Gasteiger partial charge on any atom is -0.444 e. The summed E-state index contributed by atoms with van der Waals surface area (Å²) in [6.07, 6.45) is 4.89. The maximum absolute atomic E-state index is 11.7. The van der Waals surface area contributed by atoms with Gasteiger partial charge >= 0.3 is 6.09 Å². The highest BCUT2D eigenvalue weighted by Crippen LogP contribution is 2.24. The van der Waals surface area contributed by atoms with Crippen molar-refractivity contribution < 1.29 is 9.53 Å². The maximum Gasteiger partial charge on any atom is 0.412 e. The van der Waals surface area contributed by atoms with Gasteiger partial charge < -0.3 is 10.1 Å². The van der Waals surface area contributed by atoms with Gasteiger partial charge in [0.2, 0.25) is 0 Å². The number of ether oxygens (including phenoxy) is 1. The molecule has 2 rings (SSSR count). The molecule has 2 N–H and O–H groups in total. The molecule has 128 valence electrons. The zero-order valence-electron chi connectivity index (χ0n) is 14.8. The smallest absolute Gasteiger partial charge is 0.412 e. The molecule has 1 aliphatic carbocycles. The Kier molecular flexibility index (Phi) is 6.05. The zero-order chi connectivity index (χ0) is 16.9. The molecule has 1 aromatic rings. The van der Waals surface area contributed by atoms with E-state index < -0.39 is 11.7 Å². The summed E-state index contributed by atoms with van der Waals surface area (Å²) >= 11 is 0. The lowest BCUT2D eigenvalue weighted by molar-refractivity contribution is 0.0636. The van der Waals surface area contributed by atoms with Gasteiger partial charge in [-0.2, -0.15) is 0 Å². The van der Waals surface area contributed by atoms with Crippen LogP contribution in [0.2, 0.25) is 0 Å². The van der Waals surface area contributed by atoms with Crippen molar-refractivity contribution in [3.05, 3.63) is 29.8 Å². The topological polar surface area (TPSA) is 50.4 Å². The molecule has 1 aromatic carbocycles. The second kappa shape index (κ2) is 7.82. The van der Waals surface area contributed by atoms with Gasteiger partial charge in [-0.15, -0.1) is 0 Å². The molecule has 4 heteroatoms. The molecular formula is C19H30N2O2. The van der Waals surface area contributed by atoms with Crippen LogP contribution in [0, 0.1) is 5.92 Å². The van der Waals surface area contributed by atoms with Crippen LogP contribution in [0.3, 0.4) is 0 Å². The van der Waals surface area contributed by atoms with Crippen molar-refractivity contribution in [3.63, 3.8) is 0 Å². The Morgan fingerprint density at radius 1 is 1.17 bits per heavy atom. The van der Waals surface area contributed by atoms with E-state index in [9.17, 15) is 4.79 Å². The van der Waals surface area contributed by atoms with Gasteiger partial charge in [-0.1, -0.05) is 31.9 Å². The minimum atomic E-state index is -0.482. The number of rotatable bonds is 4. The van der Waals surface area contributed by atoms with E-state index in [1.807, 2.05) is 45.0 Å². The molecule has 0 heterocycles. The monoisotopic (exact) mass is 318 g/mol. The summed E-state index contributed by atoms with van der Waals surface area (Å²) < 4.78 is 5.25. The van der Waals surface area contributed by atoms with Gasteiger partial charge in [0.25, 0.3) is 0 Å². The molecule has 0 saturated heterocycles. The fourth-order valence-electron chi connectivity index (χ4n) is 3.00. The Morgan fingerprint density at radius 3 is 2.43 bits per heavy atom. The first-order valence-corrected chi connectivity index (χ1v) is 8.66. The van der Waals surface area contributed by atoms with E-state index in [0.717, 1.165) is 18.2 Å². The van der Waals surface area contributed by atoms with Crippen LogP contribution < -0.4 is 10.6 Å². The third kappa shape index (κ3) is 6.22. The molecule has 0 bridgehead atoms. The normalized spacial score (nSPS) is 21.7. The third-order valence-electron chi connectivity index (χ3n) is 4.28. The number of carbonyl (C=O) groups is 1. The van der Waals surface area contributed by atoms with Crippen LogP contribution in [0.1, 0.15) is 58.9 Å². The number of hydrogen-bond donors (Lipinski definition) is 2. The predicted octanol–water partition coefficient (Wildman–Crippen LogP) is 4.70. The summed E-state index contributed by atoms with van der Waals surface area (Å²) in [5.41, 5.74) is 1.51. The van der Waals surface area contributed by atoms with Crippen molar-refractivity contribution in [3.8, 4) is 0 Å². The largest absolute Gasteiger partial charge is 0.444 e. The van der Waals surface area contributed by atoms with Gasteiger partial charge in [0.1, 0.15) is 5.60 Å². The number of carbonyl (C=O) groups excluding carboxylic acids is 1.